The number of aromatic nitrogens is 3. The Morgan fingerprint density at radius 3 is 1.59 bits per heavy atom. The Morgan fingerprint density at radius 1 is 0.344 bits per heavy atom. The van der Waals surface area contributed by atoms with E-state index in [0.717, 1.165) is 144 Å². The molecule has 0 fully saturated rings. The fourth-order valence-corrected chi connectivity index (χ4v) is 9.99. The molecule has 5 heteroatoms. The number of para-hydroxylation sites is 1. The Morgan fingerprint density at radius 2 is 0.891 bits per heavy atom. The minimum Gasteiger partial charge on any atom is -0.247 e. The monoisotopic (exact) mass is 825 g/mol. The minimum absolute atomic E-state index is 0.777. The third-order valence-electron chi connectivity index (χ3n) is 12.9. The summed E-state index contributed by atoms with van der Waals surface area (Å²) < 4.78 is 0. The molecule has 3 heterocycles. The summed E-state index contributed by atoms with van der Waals surface area (Å²) >= 11 is 0. The predicted octanol–water partition coefficient (Wildman–Crippen LogP) is 14.0. The second-order valence-corrected chi connectivity index (χ2v) is 16.8. The number of hydrogen-bond donors (Lipinski definition) is 0. The quantitative estimate of drug-likeness (QED) is 0.123. The molecule has 2 aliphatic heterocycles. The van der Waals surface area contributed by atoms with Gasteiger partial charge in [0.1, 0.15) is 11.4 Å². The number of nitrogens with zero attached hydrogens (tertiary/aromatic N) is 5. The van der Waals surface area contributed by atoms with Crippen molar-refractivity contribution in [2.75, 3.05) is 0 Å². The first-order valence-corrected chi connectivity index (χ1v) is 22.7. The number of fused-ring (bicyclic) bond motifs is 6. The smallest absolute Gasteiger partial charge is 0.106 e. The second-order valence-electron chi connectivity index (χ2n) is 16.8. The Hall–Kier alpha value is -7.63. The SMILES string of the molecule is CCCCc1c(CCCC)c(-c2ccccc2)c(-c2nnnc(-c3ccccc3)c2-c2ccccc2-c2ccccc2-c2ccccc2)c2c1N=c1ccc3c(c1-2)N=c1ccccc1=3. The van der Waals surface area contributed by atoms with E-state index in [-0.39, 0.29) is 0 Å². The van der Waals surface area contributed by atoms with E-state index in [4.69, 9.17) is 25.4 Å². The summed E-state index contributed by atoms with van der Waals surface area (Å²) in [5.74, 6) is 0. The van der Waals surface area contributed by atoms with Crippen LogP contribution in [0.1, 0.15) is 50.7 Å². The molecule has 11 rings (SSSR count). The van der Waals surface area contributed by atoms with E-state index in [0.29, 0.717) is 0 Å². The van der Waals surface area contributed by atoms with Crippen LogP contribution >= 0.6 is 0 Å². The van der Waals surface area contributed by atoms with Crippen LogP contribution in [0.3, 0.4) is 0 Å². The number of hydrogen-bond acceptors (Lipinski definition) is 5. The zero-order chi connectivity index (χ0) is 43.0. The topological polar surface area (TPSA) is 63.4 Å². The standard InChI is InChI=1S/C59H47N5/c1-3-5-28-46-47(29-6-4-2)58-55(53-50(61-58)37-36-48-44-33-20-21-35-49(44)60-57(48)53)54(51(46)39-24-12-8-13-25-39)59-52(56(62-64-63-59)40-26-14-9-15-27-40)45-34-19-18-32-43(45)42-31-17-16-30-41(42)38-22-10-7-11-23-38/h7-27,30-37H,3-6,28-29H2,1-2H3. The molecular formula is C59H47N5. The summed E-state index contributed by atoms with van der Waals surface area (Å²) in [7, 11) is 0. The molecule has 0 aliphatic carbocycles. The minimum atomic E-state index is 0.777. The molecule has 0 saturated carbocycles. The third kappa shape index (κ3) is 6.67. The Kier molecular flexibility index (Phi) is 10.4. The van der Waals surface area contributed by atoms with Gasteiger partial charge in [0.25, 0.3) is 0 Å². The highest BCUT2D eigenvalue weighted by molar-refractivity contribution is 6.10. The maximum atomic E-state index is 5.67. The van der Waals surface area contributed by atoms with E-state index in [2.05, 4.69) is 190 Å². The van der Waals surface area contributed by atoms with Crippen LogP contribution in [-0.4, -0.2) is 15.4 Å². The molecule has 2 aliphatic rings. The van der Waals surface area contributed by atoms with Gasteiger partial charge in [-0.25, -0.2) is 9.98 Å². The molecular weight excluding hydrogens is 779 g/mol. The van der Waals surface area contributed by atoms with Gasteiger partial charge in [0.05, 0.1) is 22.1 Å². The van der Waals surface area contributed by atoms with Crippen LogP contribution in [0.2, 0.25) is 0 Å². The first-order chi connectivity index (χ1) is 31.7. The lowest BCUT2D eigenvalue weighted by Crippen LogP contribution is -2.08. The van der Waals surface area contributed by atoms with Gasteiger partial charge in [-0.2, -0.15) is 0 Å². The molecule has 0 N–H and O–H groups in total. The van der Waals surface area contributed by atoms with Gasteiger partial charge in [0.15, 0.2) is 0 Å². The molecule has 0 atom stereocenters. The maximum Gasteiger partial charge on any atom is 0.106 e. The molecule has 5 nitrogen and oxygen atoms in total. The molecule has 0 unspecified atom stereocenters. The van der Waals surface area contributed by atoms with Gasteiger partial charge < -0.3 is 0 Å². The maximum absolute atomic E-state index is 5.67. The number of rotatable bonds is 12. The molecule has 1 aromatic heterocycles. The van der Waals surface area contributed by atoms with Crippen molar-refractivity contribution in [2.24, 2.45) is 9.98 Å². The van der Waals surface area contributed by atoms with Crippen molar-refractivity contribution in [3.8, 4) is 78.1 Å². The average Bonchev–Trinajstić information content (AvgIpc) is 3.94. The molecule has 0 radical (unpaired) electrons. The Bertz CT molecular complexity index is 3460. The van der Waals surface area contributed by atoms with E-state index >= 15 is 0 Å². The molecule has 0 bridgehead atoms. The van der Waals surface area contributed by atoms with E-state index in [1.807, 2.05) is 0 Å². The molecule has 64 heavy (non-hydrogen) atoms. The molecule has 0 spiro atoms. The van der Waals surface area contributed by atoms with Crippen molar-refractivity contribution in [3.05, 3.63) is 208 Å². The van der Waals surface area contributed by atoms with Gasteiger partial charge in [-0.3, -0.25) is 0 Å². The fourth-order valence-electron chi connectivity index (χ4n) is 9.99. The van der Waals surface area contributed by atoms with Crippen LogP contribution in [0.25, 0.3) is 78.1 Å². The van der Waals surface area contributed by atoms with E-state index in [1.54, 1.807) is 0 Å². The molecule has 0 saturated heterocycles. The first-order valence-electron chi connectivity index (χ1n) is 22.7. The highest BCUT2D eigenvalue weighted by Crippen LogP contribution is 2.56. The Labute approximate surface area is 373 Å². The predicted molar refractivity (Wildman–Crippen MR) is 261 cm³/mol. The van der Waals surface area contributed by atoms with Crippen molar-refractivity contribution < 1.29 is 0 Å². The highest BCUT2D eigenvalue weighted by atomic mass is 15.3. The first kappa shape index (κ1) is 39.2. The lowest BCUT2D eigenvalue weighted by atomic mass is 9.78. The summed E-state index contributed by atoms with van der Waals surface area (Å²) in [6.07, 6.45) is 6.11. The van der Waals surface area contributed by atoms with Crippen molar-refractivity contribution in [1.29, 1.82) is 0 Å². The summed E-state index contributed by atoms with van der Waals surface area (Å²) in [6.45, 7) is 4.57. The van der Waals surface area contributed by atoms with Gasteiger partial charge in [0, 0.05) is 38.3 Å². The van der Waals surface area contributed by atoms with Gasteiger partial charge >= 0.3 is 0 Å². The van der Waals surface area contributed by atoms with Crippen LogP contribution < -0.4 is 10.7 Å². The van der Waals surface area contributed by atoms with Crippen molar-refractivity contribution in [3.63, 3.8) is 0 Å². The van der Waals surface area contributed by atoms with E-state index < -0.39 is 0 Å². The lowest BCUT2D eigenvalue weighted by Gasteiger charge is -2.26. The van der Waals surface area contributed by atoms with Crippen molar-refractivity contribution in [2.45, 2.75) is 52.4 Å². The van der Waals surface area contributed by atoms with Gasteiger partial charge in [-0.15, -0.1) is 10.2 Å². The average molecular weight is 826 g/mol. The molecule has 9 aromatic rings. The fraction of sp³-hybridized carbons (Fsp3) is 0.136. The lowest BCUT2D eigenvalue weighted by molar-refractivity contribution is 0.760. The molecule has 0 amide bonds. The van der Waals surface area contributed by atoms with Crippen molar-refractivity contribution >= 4 is 11.4 Å². The van der Waals surface area contributed by atoms with Crippen LogP contribution in [0, 0.1) is 10.4 Å². The zero-order valence-electron chi connectivity index (χ0n) is 36.2. The van der Waals surface area contributed by atoms with Gasteiger partial charge in [-0.05, 0) is 99.2 Å². The van der Waals surface area contributed by atoms with Crippen molar-refractivity contribution in [1.82, 2.24) is 15.4 Å². The second kappa shape index (κ2) is 16.9. The highest BCUT2D eigenvalue weighted by Gasteiger charge is 2.35. The zero-order valence-corrected chi connectivity index (χ0v) is 36.2. The van der Waals surface area contributed by atoms with E-state index in [1.165, 1.54) is 16.7 Å². The third-order valence-corrected chi connectivity index (χ3v) is 12.9. The van der Waals surface area contributed by atoms with Crippen LogP contribution in [0.15, 0.2) is 186 Å². The summed E-state index contributed by atoms with van der Waals surface area (Å²) in [5.41, 5.74) is 19.2. The normalized spacial score (nSPS) is 11.9. The van der Waals surface area contributed by atoms with Crippen LogP contribution in [-0.2, 0) is 12.8 Å². The summed E-state index contributed by atoms with van der Waals surface area (Å²) in [4.78, 5) is 11.1. The number of unbranched alkanes of at least 4 members (excludes halogenated alkanes) is 2. The van der Waals surface area contributed by atoms with Gasteiger partial charge in [0.2, 0.25) is 0 Å². The van der Waals surface area contributed by atoms with Crippen LogP contribution in [0.4, 0.5) is 11.4 Å². The molecule has 308 valence electrons. The number of benzene rings is 8. The van der Waals surface area contributed by atoms with Crippen LogP contribution in [0.5, 0.6) is 0 Å². The molecule has 8 aromatic carbocycles. The Balaban J connectivity index is 1.33. The largest absolute Gasteiger partial charge is 0.247 e. The van der Waals surface area contributed by atoms with Gasteiger partial charge in [-0.1, -0.05) is 184 Å². The summed E-state index contributed by atoms with van der Waals surface area (Å²) in [6, 6.07) is 62.5. The summed E-state index contributed by atoms with van der Waals surface area (Å²) in [5, 5.41) is 19.2. The van der Waals surface area contributed by atoms with E-state index in [9.17, 15) is 0 Å².